The maximum absolute atomic E-state index is 6.16. The van der Waals surface area contributed by atoms with Gasteiger partial charge in [0.2, 0.25) is 0 Å². The van der Waals surface area contributed by atoms with Gasteiger partial charge in [-0.05, 0) is 31.0 Å². The maximum Gasteiger partial charge on any atom is 0.193 e. The minimum Gasteiger partial charge on any atom is -0.381 e. The molecule has 0 radical (unpaired) electrons. The molecule has 24 heavy (non-hydrogen) atoms. The lowest BCUT2D eigenvalue weighted by Crippen LogP contribution is -2.53. The van der Waals surface area contributed by atoms with Crippen molar-refractivity contribution >= 4 is 23.2 Å². The van der Waals surface area contributed by atoms with Crippen molar-refractivity contribution < 1.29 is 4.74 Å². The molecule has 2 heterocycles. The van der Waals surface area contributed by atoms with Gasteiger partial charge in [0.05, 0.1) is 6.61 Å². The zero-order valence-corrected chi connectivity index (χ0v) is 15.4. The van der Waals surface area contributed by atoms with E-state index in [1.54, 1.807) is 0 Å². The van der Waals surface area contributed by atoms with Crippen LogP contribution in [0.15, 0.2) is 23.2 Å². The van der Waals surface area contributed by atoms with E-state index in [0.29, 0.717) is 5.92 Å². The van der Waals surface area contributed by atoms with Crippen molar-refractivity contribution in [2.75, 3.05) is 57.9 Å². The highest BCUT2D eigenvalue weighted by atomic mass is 35.5. The Balaban J connectivity index is 1.54. The van der Waals surface area contributed by atoms with Gasteiger partial charge in [0.25, 0.3) is 0 Å². The topological polar surface area (TPSA) is 40.1 Å². The number of rotatable bonds is 3. The van der Waals surface area contributed by atoms with Crippen LogP contribution >= 0.6 is 11.6 Å². The number of anilines is 1. The highest BCUT2D eigenvalue weighted by molar-refractivity contribution is 6.30. The average Bonchev–Trinajstić information content (AvgIpc) is 3.12. The molecule has 1 unspecified atom stereocenters. The molecular formula is C18H27ClN4O. The molecule has 0 aromatic heterocycles. The summed E-state index contributed by atoms with van der Waals surface area (Å²) in [6.07, 6.45) is 1.14. The molecule has 6 heteroatoms. The number of benzene rings is 1. The van der Waals surface area contributed by atoms with Crippen LogP contribution in [0.25, 0.3) is 0 Å². The Morgan fingerprint density at radius 1 is 1.33 bits per heavy atom. The van der Waals surface area contributed by atoms with E-state index in [1.165, 1.54) is 11.3 Å². The van der Waals surface area contributed by atoms with Crippen molar-refractivity contribution in [2.24, 2.45) is 10.9 Å². The van der Waals surface area contributed by atoms with E-state index in [4.69, 9.17) is 16.3 Å². The van der Waals surface area contributed by atoms with Crippen LogP contribution in [-0.4, -0.2) is 63.8 Å². The fourth-order valence-electron chi connectivity index (χ4n) is 3.39. The number of hydrogen-bond donors (Lipinski definition) is 1. The fourth-order valence-corrected chi connectivity index (χ4v) is 3.56. The molecule has 2 aliphatic heterocycles. The number of piperazine rings is 1. The molecule has 132 valence electrons. The zero-order valence-electron chi connectivity index (χ0n) is 14.6. The number of halogens is 1. The summed E-state index contributed by atoms with van der Waals surface area (Å²) in [6.45, 7) is 8.74. The first-order valence-corrected chi connectivity index (χ1v) is 9.09. The van der Waals surface area contributed by atoms with Crippen LogP contribution in [0.2, 0.25) is 5.02 Å². The van der Waals surface area contributed by atoms with E-state index >= 15 is 0 Å². The zero-order chi connectivity index (χ0) is 16.9. The third kappa shape index (κ3) is 4.14. The number of guanidine groups is 1. The lowest BCUT2D eigenvalue weighted by Gasteiger charge is -2.38. The third-order valence-electron chi connectivity index (χ3n) is 4.88. The summed E-state index contributed by atoms with van der Waals surface area (Å²) in [7, 11) is 1.86. The van der Waals surface area contributed by atoms with Gasteiger partial charge in [-0.2, -0.15) is 0 Å². The van der Waals surface area contributed by atoms with Crippen molar-refractivity contribution in [3.63, 3.8) is 0 Å². The first-order chi connectivity index (χ1) is 11.7. The molecule has 1 aromatic carbocycles. The lowest BCUT2D eigenvalue weighted by atomic mass is 10.1. The van der Waals surface area contributed by atoms with Gasteiger partial charge in [-0.15, -0.1) is 0 Å². The minimum atomic E-state index is 0.608. The van der Waals surface area contributed by atoms with Crippen molar-refractivity contribution in [3.05, 3.63) is 28.8 Å². The average molecular weight is 351 g/mol. The van der Waals surface area contributed by atoms with Crippen LogP contribution in [-0.2, 0) is 4.74 Å². The van der Waals surface area contributed by atoms with Crippen LogP contribution in [0.1, 0.15) is 12.0 Å². The quantitative estimate of drug-likeness (QED) is 0.671. The van der Waals surface area contributed by atoms with Crippen molar-refractivity contribution in [2.45, 2.75) is 13.3 Å². The van der Waals surface area contributed by atoms with Crippen molar-refractivity contribution in [1.29, 1.82) is 0 Å². The molecule has 0 saturated carbocycles. The molecule has 2 aliphatic rings. The van der Waals surface area contributed by atoms with Crippen molar-refractivity contribution in [1.82, 2.24) is 10.2 Å². The Morgan fingerprint density at radius 2 is 2.12 bits per heavy atom. The Labute approximate surface area is 149 Å². The fraction of sp³-hybridized carbons (Fsp3) is 0.611. The van der Waals surface area contributed by atoms with Crippen LogP contribution in [0, 0.1) is 12.8 Å². The predicted molar refractivity (Wildman–Crippen MR) is 100 cm³/mol. The summed E-state index contributed by atoms with van der Waals surface area (Å²) in [5.41, 5.74) is 2.52. The number of nitrogens with zero attached hydrogens (tertiary/aromatic N) is 3. The molecule has 1 aromatic rings. The van der Waals surface area contributed by atoms with E-state index in [9.17, 15) is 0 Å². The summed E-state index contributed by atoms with van der Waals surface area (Å²) in [4.78, 5) is 9.21. The SMILES string of the molecule is CN=C(NCC1CCOC1)N1CCN(c2cc(Cl)ccc2C)CC1. The molecule has 0 bridgehead atoms. The third-order valence-corrected chi connectivity index (χ3v) is 5.11. The molecule has 2 saturated heterocycles. The van der Waals surface area contributed by atoms with Crippen molar-refractivity contribution in [3.8, 4) is 0 Å². The maximum atomic E-state index is 6.16. The van der Waals surface area contributed by atoms with E-state index < -0.39 is 0 Å². The molecule has 0 spiro atoms. The largest absolute Gasteiger partial charge is 0.381 e. The van der Waals surface area contributed by atoms with Gasteiger partial charge in [0.1, 0.15) is 0 Å². The number of ether oxygens (including phenoxy) is 1. The standard InChI is InChI=1S/C18H27ClN4O/c1-14-3-4-16(19)11-17(14)22-6-8-23(9-7-22)18(20-2)21-12-15-5-10-24-13-15/h3-4,11,15H,5-10,12-13H2,1-2H3,(H,20,21). The number of hydrogen-bond acceptors (Lipinski definition) is 3. The predicted octanol–water partition coefficient (Wildman–Crippen LogP) is 2.38. The van der Waals surface area contributed by atoms with Crippen LogP contribution < -0.4 is 10.2 Å². The monoisotopic (exact) mass is 350 g/mol. The van der Waals surface area contributed by atoms with Gasteiger partial charge in [-0.1, -0.05) is 17.7 Å². The number of nitrogens with one attached hydrogen (secondary N) is 1. The number of aryl methyl sites for hydroxylation is 1. The van der Waals surface area contributed by atoms with Crippen LogP contribution in [0.4, 0.5) is 5.69 Å². The number of aliphatic imine (C=N–C) groups is 1. The summed E-state index contributed by atoms with van der Waals surface area (Å²) in [5, 5.41) is 4.31. The molecule has 2 fully saturated rings. The van der Waals surface area contributed by atoms with E-state index in [2.05, 4.69) is 39.2 Å². The van der Waals surface area contributed by atoms with Gasteiger partial charge >= 0.3 is 0 Å². The molecular weight excluding hydrogens is 324 g/mol. The van der Waals surface area contributed by atoms with Gasteiger partial charge in [-0.25, -0.2) is 0 Å². The second kappa shape index (κ2) is 8.08. The first-order valence-electron chi connectivity index (χ1n) is 8.72. The molecule has 3 rings (SSSR count). The Morgan fingerprint density at radius 3 is 2.79 bits per heavy atom. The second-order valence-corrected chi connectivity index (χ2v) is 7.00. The summed E-state index contributed by atoms with van der Waals surface area (Å²) in [6, 6.07) is 6.11. The van der Waals surface area contributed by atoms with Gasteiger partial charge in [0, 0.05) is 63.0 Å². The summed E-state index contributed by atoms with van der Waals surface area (Å²) in [5.74, 6) is 1.61. The minimum absolute atomic E-state index is 0.608. The van der Waals surface area contributed by atoms with Crippen LogP contribution in [0.5, 0.6) is 0 Å². The highest BCUT2D eigenvalue weighted by Crippen LogP contribution is 2.25. The van der Waals surface area contributed by atoms with Crippen LogP contribution in [0.3, 0.4) is 0 Å². The van der Waals surface area contributed by atoms with Gasteiger partial charge < -0.3 is 19.9 Å². The molecule has 0 aliphatic carbocycles. The Bertz CT molecular complexity index is 578. The molecule has 5 nitrogen and oxygen atoms in total. The van der Waals surface area contributed by atoms with E-state index in [0.717, 1.165) is 63.3 Å². The Hall–Kier alpha value is -1.46. The smallest absolute Gasteiger partial charge is 0.193 e. The molecule has 1 N–H and O–H groups in total. The van der Waals surface area contributed by atoms with Gasteiger partial charge in [-0.3, -0.25) is 4.99 Å². The lowest BCUT2D eigenvalue weighted by molar-refractivity contribution is 0.186. The molecule has 0 amide bonds. The van der Waals surface area contributed by atoms with Gasteiger partial charge in [0.15, 0.2) is 5.96 Å². The summed E-state index contributed by atoms with van der Waals surface area (Å²) < 4.78 is 5.44. The van der Waals surface area contributed by atoms with E-state index in [1.807, 2.05) is 13.1 Å². The first kappa shape index (κ1) is 17.4. The Kier molecular flexibility index (Phi) is 5.85. The van der Waals surface area contributed by atoms with E-state index in [-0.39, 0.29) is 0 Å². The normalized spacial score (nSPS) is 22.1. The molecule has 1 atom stereocenters. The second-order valence-electron chi connectivity index (χ2n) is 6.56. The summed E-state index contributed by atoms with van der Waals surface area (Å²) >= 11 is 6.16. The highest BCUT2D eigenvalue weighted by Gasteiger charge is 2.22.